The maximum atomic E-state index is 11.3. The lowest BCUT2D eigenvalue weighted by molar-refractivity contribution is 0.0354. The molecule has 90 valence electrons. The summed E-state index contributed by atoms with van der Waals surface area (Å²) in [7, 11) is -2.08. The van der Waals surface area contributed by atoms with E-state index in [-0.39, 0.29) is 31.7 Å². The Kier molecular flexibility index (Phi) is 5.46. The average Bonchev–Trinajstić information content (AvgIpc) is 2.62. The minimum Gasteiger partial charge on any atom is -0.382 e. The van der Waals surface area contributed by atoms with Crippen molar-refractivity contribution in [1.82, 2.24) is 0 Å². The Morgan fingerprint density at radius 3 is 2.88 bits per heavy atom. The zero-order valence-corrected chi connectivity index (χ0v) is 10.1. The summed E-state index contributed by atoms with van der Waals surface area (Å²) in [6.45, 7) is -0.0587. The van der Waals surface area contributed by atoms with E-state index in [4.69, 9.17) is 14.5 Å². The van der Waals surface area contributed by atoms with Gasteiger partial charge in [0.1, 0.15) is 7.85 Å². The SMILES string of the molecule is B[C@H]1CC[C@@H](COP(=O)(O)OCCC#N)O1. The van der Waals surface area contributed by atoms with E-state index in [1.54, 1.807) is 6.07 Å². The van der Waals surface area contributed by atoms with Crippen LogP contribution in [0, 0.1) is 11.3 Å². The van der Waals surface area contributed by atoms with E-state index >= 15 is 0 Å². The predicted molar refractivity (Wildman–Crippen MR) is 58.4 cm³/mol. The number of phosphoric ester groups is 1. The Morgan fingerprint density at radius 1 is 1.56 bits per heavy atom. The van der Waals surface area contributed by atoms with E-state index in [9.17, 15) is 9.46 Å². The van der Waals surface area contributed by atoms with Crippen LogP contribution >= 0.6 is 7.82 Å². The summed E-state index contributed by atoms with van der Waals surface area (Å²) in [4.78, 5) is 9.21. The van der Waals surface area contributed by atoms with Gasteiger partial charge in [-0.15, -0.1) is 0 Å². The molecule has 0 aromatic rings. The molecule has 0 radical (unpaired) electrons. The van der Waals surface area contributed by atoms with Gasteiger partial charge in [-0.25, -0.2) is 4.57 Å². The molecule has 1 rings (SSSR count). The van der Waals surface area contributed by atoms with Crippen molar-refractivity contribution in [2.45, 2.75) is 31.4 Å². The van der Waals surface area contributed by atoms with Gasteiger partial charge in [0.25, 0.3) is 0 Å². The molecule has 1 saturated heterocycles. The van der Waals surface area contributed by atoms with Gasteiger partial charge >= 0.3 is 7.82 Å². The summed E-state index contributed by atoms with van der Waals surface area (Å²) in [5.41, 5.74) is 0. The van der Waals surface area contributed by atoms with Crippen molar-refractivity contribution in [2.75, 3.05) is 13.2 Å². The van der Waals surface area contributed by atoms with Crippen molar-refractivity contribution in [1.29, 1.82) is 5.26 Å². The van der Waals surface area contributed by atoms with E-state index in [1.807, 2.05) is 7.85 Å². The Labute approximate surface area is 95.5 Å². The Hall–Kier alpha value is -0.375. The fraction of sp³-hybridized carbons (Fsp3) is 0.875. The smallest absolute Gasteiger partial charge is 0.382 e. The lowest BCUT2D eigenvalue weighted by Crippen LogP contribution is -2.16. The molecule has 0 bridgehead atoms. The van der Waals surface area contributed by atoms with Crippen LogP contribution < -0.4 is 0 Å². The van der Waals surface area contributed by atoms with Crippen molar-refractivity contribution in [2.24, 2.45) is 0 Å². The number of rotatable bonds is 6. The van der Waals surface area contributed by atoms with Crippen LogP contribution in [0.25, 0.3) is 0 Å². The van der Waals surface area contributed by atoms with E-state index in [2.05, 4.69) is 4.52 Å². The third-order valence-electron chi connectivity index (χ3n) is 2.21. The molecule has 3 atom stereocenters. The van der Waals surface area contributed by atoms with Crippen LogP contribution in [0.3, 0.4) is 0 Å². The lowest BCUT2D eigenvalue weighted by Gasteiger charge is -2.15. The quantitative estimate of drug-likeness (QED) is 0.409. The monoisotopic (exact) mass is 247 g/mol. The van der Waals surface area contributed by atoms with Crippen molar-refractivity contribution in [3.63, 3.8) is 0 Å². The molecule has 6 nitrogen and oxygen atoms in total. The van der Waals surface area contributed by atoms with E-state index in [1.165, 1.54) is 0 Å². The van der Waals surface area contributed by atoms with Crippen LogP contribution in [0.4, 0.5) is 0 Å². The van der Waals surface area contributed by atoms with Gasteiger partial charge in [-0.05, 0) is 12.8 Å². The normalized spacial score (nSPS) is 28.5. The van der Waals surface area contributed by atoms with Gasteiger partial charge in [0.15, 0.2) is 0 Å². The van der Waals surface area contributed by atoms with Crippen LogP contribution in [-0.4, -0.2) is 38.1 Å². The second-order valence-electron chi connectivity index (χ2n) is 3.65. The molecule has 1 unspecified atom stereocenters. The standard InChI is InChI=1S/C8H15BNO5P/c9-8-3-2-7(15-8)6-14-16(11,12)13-5-1-4-10/h7-8H,1-3,5-6,9H2,(H,11,12)/t7-,8+/m0/s1. The predicted octanol–water partition coefficient (Wildman–Crippen LogP) is 0.172. The Morgan fingerprint density at radius 2 is 2.31 bits per heavy atom. The van der Waals surface area contributed by atoms with E-state index in [0.29, 0.717) is 0 Å². The number of hydrogen-bond acceptors (Lipinski definition) is 5. The van der Waals surface area contributed by atoms with Crippen LogP contribution in [0.2, 0.25) is 0 Å². The molecule has 0 aromatic heterocycles. The van der Waals surface area contributed by atoms with Gasteiger partial charge in [0.2, 0.25) is 0 Å². The first-order chi connectivity index (χ1) is 7.53. The topological polar surface area (TPSA) is 88.8 Å². The molecule has 0 amide bonds. The maximum Gasteiger partial charge on any atom is 0.472 e. The third-order valence-corrected chi connectivity index (χ3v) is 3.20. The van der Waals surface area contributed by atoms with Gasteiger partial charge in [-0.3, -0.25) is 9.05 Å². The summed E-state index contributed by atoms with van der Waals surface area (Å²) in [6, 6.07) is 1.98. The molecule has 1 aliphatic heterocycles. The van der Waals surface area contributed by atoms with Crippen LogP contribution in [-0.2, 0) is 18.3 Å². The highest BCUT2D eigenvalue weighted by atomic mass is 31.2. The minimum absolute atomic E-state index is 0.0463. The molecule has 1 N–H and O–H groups in total. The molecule has 8 heteroatoms. The lowest BCUT2D eigenvalue weighted by atomic mass is 9.97. The summed E-state index contributed by atoms with van der Waals surface area (Å²) in [6.07, 6.45) is 1.67. The minimum atomic E-state index is -4.03. The van der Waals surface area contributed by atoms with Gasteiger partial charge in [-0.1, -0.05) is 0 Å². The molecule has 1 fully saturated rings. The zero-order valence-electron chi connectivity index (χ0n) is 9.16. The zero-order chi connectivity index (χ0) is 12.0. The van der Waals surface area contributed by atoms with Crippen molar-refractivity contribution >= 4 is 15.7 Å². The highest BCUT2D eigenvalue weighted by molar-refractivity contribution is 7.47. The van der Waals surface area contributed by atoms with Gasteiger partial charge in [0.05, 0.1) is 31.8 Å². The molecule has 1 aliphatic rings. The summed E-state index contributed by atoms with van der Waals surface area (Å²) >= 11 is 0. The maximum absolute atomic E-state index is 11.3. The fourth-order valence-corrected chi connectivity index (χ4v) is 2.18. The first kappa shape index (κ1) is 13.7. The fourth-order valence-electron chi connectivity index (χ4n) is 1.43. The average molecular weight is 247 g/mol. The van der Waals surface area contributed by atoms with Crippen LogP contribution in [0.1, 0.15) is 19.3 Å². The Balaban J connectivity index is 2.20. The molecule has 16 heavy (non-hydrogen) atoms. The number of phosphoric acid groups is 1. The van der Waals surface area contributed by atoms with E-state index < -0.39 is 7.82 Å². The first-order valence-electron chi connectivity index (χ1n) is 5.18. The first-order valence-corrected chi connectivity index (χ1v) is 6.67. The van der Waals surface area contributed by atoms with E-state index in [0.717, 1.165) is 12.8 Å². The van der Waals surface area contributed by atoms with Gasteiger partial charge < -0.3 is 9.63 Å². The van der Waals surface area contributed by atoms with Crippen LogP contribution in [0.15, 0.2) is 0 Å². The third kappa shape index (κ3) is 5.11. The highest BCUT2D eigenvalue weighted by Gasteiger charge is 2.27. The number of nitrogens with zero attached hydrogens (tertiary/aromatic N) is 1. The van der Waals surface area contributed by atoms with Crippen molar-refractivity contribution in [3.8, 4) is 6.07 Å². The number of hydrogen-bond donors (Lipinski definition) is 1. The second kappa shape index (κ2) is 6.38. The summed E-state index contributed by atoms with van der Waals surface area (Å²) < 4.78 is 26.0. The molecular weight excluding hydrogens is 232 g/mol. The summed E-state index contributed by atoms with van der Waals surface area (Å²) in [5.74, 6) is 0. The number of nitriles is 1. The molecule has 0 aliphatic carbocycles. The number of ether oxygens (including phenoxy) is 1. The molecule has 0 saturated carbocycles. The summed E-state index contributed by atoms with van der Waals surface area (Å²) in [5, 5.41) is 8.23. The Bertz CT molecular complexity index is 307. The molecule has 1 heterocycles. The molecular formula is C8H15BNO5P. The largest absolute Gasteiger partial charge is 0.472 e. The van der Waals surface area contributed by atoms with Crippen LogP contribution in [0.5, 0.6) is 0 Å². The molecule has 0 spiro atoms. The van der Waals surface area contributed by atoms with Gasteiger partial charge in [0, 0.05) is 6.00 Å². The van der Waals surface area contributed by atoms with Crippen molar-refractivity contribution in [3.05, 3.63) is 0 Å². The molecule has 0 aromatic carbocycles. The second-order valence-corrected chi connectivity index (χ2v) is 5.11. The van der Waals surface area contributed by atoms with Crippen molar-refractivity contribution < 1.29 is 23.2 Å². The van der Waals surface area contributed by atoms with Gasteiger partial charge in [-0.2, -0.15) is 5.26 Å². The highest BCUT2D eigenvalue weighted by Crippen LogP contribution is 2.43.